The third-order valence-electron chi connectivity index (χ3n) is 3.24. The van der Waals surface area contributed by atoms with Crippen molar-refractivity contribution in [3.63, 3.8) is 0 Å². The average Bonchev–Trinajstić information content (AvgIpc) is 2.52. The van der Waals surface area contributed by atoms with Crippen molar-refractivity contribution >= 4 is 22.4 Å². The molecule has 0 bridgehead atoms. The monoisotopic (exact) mass is 323 g/mol. The van der Waals surface area contributed by atoms with Gasteiger partial charge in [-0.3, -0.25) is 4.21 Å². The molecular weight excluding hydrogens is 306 g/mol. The summed E-state index contributed by atoms with van der Waals surface area (Å²) in [4.78, 5) is 0.734. The first-order valence-electron chi connectivity index (χ1n) is 6.60. The Morgan fingerprint density at radius 2 is 2.00 bits per heavy atom. The average molecular weight is 324 g/mol. The Kier molecular flexibility index (Phi) is 5.79. The molecular formula is C16H18ClNO2S. The lowest BCUT2D eigenvalue weighted by molar-refractivity contribution is 0.404. The maximum atomic E-state index is 12.5. The number of halogens is 1. The van der Waals surface area contributed by atoms with Crippen molar-refractivity contribution in [2.75, 3.05) is 19.9 Å². The van der Waals surface area contributed by atoms with Gasteiger partial charge in [-0.1, -0.05) is 35.9 Å². The SMILES string of the molecule is CNC(CS(=O)c1cccc(Cl)c1)c1ccccc1OC. The van der Waals surface area contributed by atoms with Gasteiger partial charge in [0, 0.05) is 27.3 Å². The molecule has 0 aliphatic heterocycles. The van der Waals surface area contributed by atoms with E-state index in [1.807, 2.05) is 43.4 Å². The van der Waals surface area contributed by atoms with E-state index in [-0.39, 0.29) is 6.04 Å². The van der Waals surface area contributed by atoms with Gasteiger partial charge in [0.05, 0.1) is 17.9 Å². The molecule has 0 aromatic heterocycles. The van der Waals surface area contributed by atoms with E-state index in [0.717, 1.165) is 16.2 Å². The van der Waals surface area contributed by atoms with E-state index >= 15 is 0 Å². The van der Waals surface area contributed by atoms with Crippen LogP contribution in [0, 0.1) is 0 Å². The van der Waals surface area contributed by atoms with Gasteiger partial charge in [-0.15, -0.1) is 0 Å². The summed E-state index contributed by atoms with van der Waals surface area (Å²) in [6, 6.07) is 14.9. The Hall–Kier alpha value is -1.36. The normalized spacial score (nSPS) is 13.7. The molecule has 1 N–H and O–H groups in total. The zero-order chi connectivity index (χ0) is 15.2. The number of methoxy groups -OCH3 is 1. The fourth-order valence-corrected chi connectivity index (χ4v) is 3.72. The summed E-state index contributed by atoms with van der Waals surface area (Å²) in [5, 5.41) is 3.80. The van der Waals surface area contributed by atoms with Crippen molar-refractivity contribution in [2.24, 2.45) is 0 Å². The molecule has 2 atom stereocenters. The molecule has 112 valence electrons. The van der Waals surface area contributed by atoms with E-state index in [2.05, 4.69) is 5.32 Å². The minimum atomic E-state index is -1.14. The van der Waals surface area contributed by atoms with Crippen LogP contribution >= 0.6 is 11.6 Å². The van der Waals surface area contributed by atoms with Crippen LogP contribution < -0.4 is 10.1 Å². The lowest BCUT2D eigenvalue weighted by Gasteiger charge is -2.19. The van der Waals surface area contributed by atoms with E-state index < -0.39 is 10.8 Å². The summed E-state index contributed by atoms with van der Waals surface area (Å²) >= 11 is 5.95. The lowest BCUT2D eigenvalue weighted by Crippen LogP contribution is -2.23. The van der Waals surface area contributed by atoms with Crippen LogP contribution in [0.4, 0.5) is 0 Å². The first-order chi connectivity index (χ1) is 10.2. The smallest absolute Gasteiger partial charge is 0.123 e. The molecule has 2 aromatic carbocycles. The number of nitrogens with one attached hydrogen (secondary N) is 1. The number of benzene rings is 2. The first kappa shape index (κ1) is 16.0. The maximum Gasteiger partial charge on any atom is 0.123 e. The van der Waals surface area contributed by atoms with Gasteiger partial charge in [-0.05, 0) is 31.3 Å². The summed E-state index contributed by atoms with van der Waals surface area (Å²) < 4.78 is 17.9. The van der Waals surface area contributed by atoms with E-state index in [1.54, 1.807) is 19.2 Å². The molecule has 0 fully saturated rings. The molecule has 0 aliphatic rings. The van der Waals surface area contributed by atoms with E-state index in [4.69, 9.17) is 16.3 Å². The second-order valence-electron chi connectivity index (χ2n) is 4.55. The molecule has 3 nitrogen and oxygen atoms in total. The van der Waals surface area contributed by atoms with Crippen LogP contribution in [0.3, 0.4) is 0 Å². The van der Waals surface area contributed by atoms with Crippen LogP contribution in [0.15, 0.2) is 53.4 Å². The summed E-state index contributed by atoms with van der Waals surface area (Å²) in [6.45, 7) is 0. The van der Waals surface area contributed by atoms with Gasteiger partial charge in [0.1, 0.15) is 5.75 Å². The van der Waals surface area contributed by atoms with Crippen molar-refractivity contribution < 1.29 is 8.95 Å². The van der Waals surface area contributed by atoms with Crippen LogP contribution in [0.5, 0.6) is 5.75 Å². The highest BCUT2D eigenvalue weighted by Gasteiger charge is 2.18. The molecule has 5 heteroatoms. The number of ether oxygens (including phenoxy) is 1. The third-order valence-corrected chi connectivity index (χ3v) is 4.89. The Bertz CT molecular complexity index is 633. The van der Waals surface area contributed by atoms with Crippen molar-refractivity contribution in [3.8, 4) is 5.75 Å². The fraction of sp³-hybridized carbons (Fsp3) is 0.250. The second kappa shape index (κ2) is 7.59. The van der Waals surface area contributed by atoms with Crippen LogP contribution in [0.1, 0.15) is 11.6 Å². The highest BCUT2D eigenvalue weighted by Crippen LogP contribution is 2.26. The number of rotatable bonds is 6. The molecule has 21 heavy (non-hydrogen) atoms. The molecule has 0 aliphatic carbocycles. The van der Waals surface area contributed by atoms with Gasteiger partial charge < -0.3 is 10.1 Å². The Balaban J connectivity index is 2.21. The van der Waals surface area contributed by atoms with Crippen molar-refractivity contribution in [1.29, 1.82) is 0 Å². The quantitative estimate of drug-likeness (QED) is 0.885. The Labute approximate surface area is 132 Å². The molecule has 2 rings (SSSR count). The second-order valence-corrected chi connectivity index (χ2v) is 6.48. The molecule has 0 saturated carbocycles. The van der Waals surface area contributed by atoms with Gasteiger partial charge in [-0.2, -0.15) is 0 Å². The zero-order valence-electron chi connectivity index (χ0n) is 12.0. The zero-order valence-corrected chi connectivity index (χ0v) is 13.6. The largest absolute Gasteiger partial charge is 0.496 e. The first-order valence-corrected chi connectivity index (χ1v) is 8.29. The summed E-state index contributed by atoms with van der Waals surface area (Å²) in [7, 11) is 2.35. The summed E-state index contributed by atoms with van der Waals surface area (Å²) in [5.41, 5.74) is 0.998. The van der Waals surface area contributed by atoms with E-state index in [1.165, 1.54) is 0 Å². The number of hydrogen-bond donors (Lipinski definition) is 1. The van der Waals surface area contributed by atoms with Crippen molar-refractivity contribution in [3.05, 3.63) is 59.1 Å². The van der Waals surface area contributed by atoms with E-state index in [9.17, 15) is 4.21 Å². The summed E-state index contributed by atoms with van der Waals surface area (Å²) in [5.74, 6) is 1.25. The Morgan fingerprint density at radius 1 is 1.24 bits per heavy atom. The molecule has 2 unspecified atom stereocenters. The van der Waals surface area contributed by atoms with Crippen molar-refractivity contribution in [1.82, 2.24) is 5.32 Å². The third kappa shape index (κ3) is 4.06. The van der Waals surface area contributed by atoms with Gasteiger partial charge in [0.25, 0.3) is 0 Å². The molecule has 0 spiro atoms. The number of hydrogen-bond acceptors (Lipinski definition) is 3. The van der Waals surface area contributed by atoms with Crippen LogP contribution in [0.25, 0.3) is 0 Å². The molecule has 2 aromatic rings. The van der Waals surface area contributed by atoms with Gasteiger partial charge in [0.15, 0.2) is 0 Å². The minimum Gasteiger partial charge on any atom is -0.496 e. The minimum absolute atomic E-state index is 0.0547. The maximum absolute atomic E-state index is 12.5. The van der Waals surface area contributed by atoms with Crippen LogP contribution in [0.2, 0.25) is 5.02 Å². The van der Waals surface area contributed by atoms with Crippen LogP contribution in [-0.2, 0) is 10.8 Å². The molecule has 0 amide bonds. The topological polar surface area (TPSA) is 38.3 Å². The highest BCUT2D eigenvalue weighted by atomic mass is 35.5. The number of para-hydroxylation sites is 1. The standard InChI is InChI=1S/C16H18ClNO2S/c1-18-15(14-8-3-4-9-16(14)20-2)11-21(19)13-7-5-6-12(17)10-13/h3-10,15,18H,11H2,1-2H3. The molecule has 0 saturated heterocycles. The van der Waals surface area contributed by atoms with Gasteiger partial charge in [0.2, 0.25) is 0 Å². The highest BCUT2D eigenvalue weighted by molar-refractivity contribution is 7.85. The molecule has 0 radical (unpaired) electrons. The molecule has 0 heterocycles. The summed E-state index contributed by atoms with van der Waals surface area (Å²) in [6.07, 6.45) is 0. The van der Waals surface area contributed by atoms with Crippen molar-refractivity contribution in [2.45, 2.75) is 10.9 Å². The Morgan fingerprint density at radius 3 is 2.67 bits per heavy atom. The van der Waals surface area contributed by atoms with Crippen LogP contribution in [-0.4, -0.2) is 24.1 Å². The lowest BCUT2D eigenvalue weighted by atomic mass is 10.1. The van der Waals surface area contributed by atoms with Gasteiger partial charge >= 0.3 is 0 Å². The predicted octanol–water partition coefficient (Wildman–Crippen LogP) is 3.42. The van der Waals surface area contributed by atoms with E-state index in [0.29, 0.717) is 10.8 Å². The predicted molar refractivity (Wildman–Crippen MR) is 87.5 cm³/mol. The fourth-order valence-electron chi connectivity index (χ4n) is 2.14. The van der Waals surface area contributed by atoms with Gasteiger partial charge in [-0.25, -0.2) is 0 Å².